The highest BCUT2D eigenvalue weighted by Gasteiger charge is 2.07. The number of carbonyl (C=O) groups is 1. The quantitative estimate of drug-likeness (QED) is 0.278. The van der Waals surface area contributed by atoms with Crippen LogP contribution in [0.2, 0.25) is 0 Å². The number of rotatable bonds is 6. The number of nitro benzene ring substituents is 1. The van der Waals surface area contributed by atoms with E-state index in [1.165, 1.54) is 35.6 Å². The molecule has 0 aliphatic heterocycles. The van der Waals surface area contributed by atoms with Crippen molar-refractivity contribution in [2.45, 2.75) is 6.61 Å². The fourth-order valence-electron chi connectivity index (χ4n) is 2.19. The fraction of sp³-hybridized carbons (Fsp3) is 0.0526. The van der Waals surface area contributed by atoms with Crippen molar-refractivity contribution in [2.24, 2.45) is 0 Å². The van der Waals surface area contributed by atoms with Crippen LogP contribution in [-0.2, 0) is 16.1 Å². The van der Waals surface area contributed by atoms with Crippen LogP contribution in [0, 0.1) is 10.1 Å². The van der Waals surface area contributed by atoms with Crippen molar-refractivity contribution in [3.63, 3.8) is 0 Å². The van der Waals surface area contributed by atoms with E-state index in [2.05, 4.69) is 4.98 Å². The van der Waals surface area contributed by atoms with Gasteiger partial charge in [-0.05, 0) is 11.6 Å². The average molecular weight is 366 g/mol. The maximum absolute atomic E-state index is 11.8. The van der Waals surface area contributed by atoms with Gasteiger partial charge in [-0.15, -0.1) is 11.3 Å². The Hall–Kier alpha value is -3.32. The van der Waals surface area contributed by atoms with E-state index in [1.54, 1.807) is 12.1 Å². The smallest absolute Gasteiger partial charge is 0.331 e. The minimum absolute atomic E-state index is 0.0311. The summed E-state index contributed by atoms with van der Waals surface area (Å²) in [4.78, 5) is 26.5. The monoisotopic (exact) mass is 366 g/mol. The summed E-state index contributed by atoms with van der Waals surface area (Å²) in [7, 11) is 0. The third-order valence-corrected chi connectivity index (χ3v) is 4.37. The summed E-state index contributed by atoms with van der Waals surface area (Å²) in [6, 6.07) is 15.8. The van der Waals surface area contributed by atoms with Gasteiger partial charge >= 0.3 is 5.97 Å². The lowest BCUT2D eigenvalue weighted by Crippen LogP contribution is -2.01. The highest BCUT2D eigenvalue weighted by molar-refractivity contribution is 7.13. The zero-order valence-electron chi connectivity index (χ0n) is 13.6. The lowest BCUT2D eigenvalue weighted by Gasteiger charge is -1.99. The molecule has 0 spiro atoms. The van der Waals surface area contributed by atoms with Crippen LogP contribution in [0.4, 0.5) is 5.69 Å². The summed E-state index contributed by atoms with van der Waals surface area (Å²) >= 11 is 1.48. The Morgan fingerprint density at radius 1 is 1.19 bits per heavy atom. The first-order valence-electron chi connectivity index (χ1n) is 7.71. The van der Waals surface area contributed by atoms with Gasteiger partial charge in [-0.1, -0.05) is 42.5 Å². The maximum atomic E-state index is 11.8. The largest absolute Gasteiger partial charge is 0.456 e. The van der Waals surface area contributed by atoms with E-state index in [0.29, 0.717) is 11.3 Å². The predicted molar refractivity (Wildman–Crippen MR) is 99.5 cm³/mol. The molecule has 2 aromatic carbocycles. The third kappa shape index (κ3) is 4.61. The Morgan fingerprint density at radius 3 is 2.77 bits per heavy atom. The molecule has 0 saturated carbocycles. The van der Waals surface area contributed by atoms with Gasteiger partial charge < -0.3 is 4.74 Å². The molecule has 1 aromatic heterocycles. The Kier molecular flexibility index (Phi) is 5.50. The second-order valence-corrected chi connectivity index (χ2v) is 6.16. The number of thiazole rings is 1. The van der Waals surface area contributed by atoms with E-state index < -0.39 is 10.9 Å². The molecule has 26 heavy (non-hydrogen) atoms. The molecular formula is C19H14N2O4S. The Bertz CT molecular complexity index is 951. The summed E-state index contributed by atoms with van der Waals surface area (Å²) in [5.41, 5.74) is 2.21. The van der Waals surface area contributed by atoms with Gasteiger partial charge in [0.25, 0.3) is 5.69 Å². The molecule has 0 aliphatic carbocycles. The molecule has 0 radical (unpaired) electrons. The van der Waals surface area contributed by atoms with Crippen LogP contribution >= 0.6 is 11.3 Å². The number of hydrogen-bond acceptors (Lipinski definition) is 6. The topological polar surface area (TPSA) is 82.3 Å². The number of non-ortho nitro benzene ring substituents is 1. The first kappa shape index (κ1) is 17.5. The van der Waals surface area contributed by atoms with E-state index in [-0.39, 0.29) is 12.3 Å². The zero-order chi connectivity index (χ0) is 18.4. The number of benzene rings is 2. The molecule has 6 nitrogen and oxygen atoms in total. The summed E-state index contributed by atoms with van der Waals surface area (Å²) in [6.07, 6.45) is 2.72. The van der Waals surface area contributed by atoms with Crippen molar-refractivity contribution in [1.82, 2.24) is 4.98 Å². The molecule has 0 N–H and O–H groups in total. The summed E-state index contributed by atoms with van der Waals surface area (Å²) < 4.78 is 5.16. The van der Waals surface area contributed by atoms with Crippen molar-refractivity contribution < 1.29 is 14.5 Å². The number of nitro groups is 1. The number of hydrogen-bond donors (Lipinski definition) is 0. The van der Waals surface area contributed by atoms with E-state index in [9.17, 15) is 14.9 Å². The number of nitrogens with zero attached hydrogens (tertiary/aromatic N) is 2. The van der Waals surface area contributed by atoms with E-state index in [1.807, 2.05) is 35.7 Å². The highest BCUT2D eigenvalue weighted by atomic mass is 32.1. The van der Waals surface area contributed by atoms with Gasteiger partial charge in [-0.25, -0.2) is 9.78 Å². The molecule has 0 bridgehead atoms. The third-order valence-electron chi connectivity index (χ3n) is 3.43. The van der Waals surface area contributed by atoms with Crippen LogP contribution in [0.25, 0.3) is 16.6 Å². The summed E-state index contributed by atoms with van der Waals surface area (Å²) in [5, 5.41) is 13.5. The molecule has 3 aromatic rings. The number of carbonyl (C=O) groups excluding carboxylic acids is 1. The first-order chi connectivity index (χ1) is 12.6. The SMILES string of the molecule is O=C(/C=C/c1cccc([N+](=O)[O-])c1)OCc1csc(-c2ccccc2)n1. The van der Waals surface area contributed by atoms with Gasteiger partial charge in [0.05, 0.1) is 10.6 Å². The van der Waals surface area contributed by atoms with Crippen molar-refractivity contribution in [3.8, 4) is 10.6 Å². The van der Waals surface area contributed by atoms with Crippen LogP contribution in [0.5, 0.6) is 0 Å². The number of aromatic nitrogens is 1. The van der Waals surface area contributed by atoms with Gasteiger partial charge in [0.1, 0.15) is 11.6 Å². The van der Waals surface area contributed by atoms with Gasteiger partial charge in [0, 0.05) is 29.2 Å². The van der Waals surface area contributed by atoms with Crippen LogP contribution in [-0.4, -0.2) is 15.9 Å². The zero-order valence-corrected chi connectivity index (χ0v) is 14.4. The highest BCUT2D eigenvalue weighted by Crippen LogP contribution is 2.23. The molecule has 3 rings (SSSR count). The van der Waals surface area contributed by atoms with E-state index >= 15 is 0 Å². The summed E-state index contributed by atoms with van der Waals surface area (Å²) in [6.45, 7) is 0.0709. The van der Waals surface area contributed by atoms with Crippen LogP contribution in [0.3, 0.4) is 0 Å². The second kappa shape index (κ2) is 8.17. The minimum atomic E-state index is -0.536. The van der Waals surface area contributed by atoms with Crippen molar-refractivity contribution in [3.05, 3.63) is 87.4 Å². The molecule has 0 unspecified atom stereocenters. The van der Waals surface area contributed by atoms with Crippen LogP contribution < -0.4 is 0 Å². The molecule has 0 atom stereocenters. The van der Waals surface area contributed by atoms with Crippen molar-refractivity contribution in [1.29, 1.82) is 0 Å². The van der Waals surface area contributed by atoms with Gasteiger partial charge in [-0.2, -0.15) is 0 Å². The molecule has 0 fully saturated rings. The minimum Gasteiger partial charge on any atom is -0.456 e. The maximum Gasteiger partial charge on any atom is 0.331 e. The molecule has 0 saturated heterocycles. The van der Waals surface area contributed by atoms with Crippen LogP contribution in [0.1, 0.15) is 11.3 Å². The van der Waals surface area contributed by atoms with Gasteiger partial charge in [-0.3, -0.25) is 10.1 Å². The van der Waals surface area contributed by atoms with Crippen molar-refractivity contribution >= 4 is 29.1 Å². The first-order valence-corrected chi connectivity index (χ1v) is 8.59. The Labute approximate surface area is 153 Å². The second-order valence-electron chi connectivity index (χ2n) is 5.30. The van der Waals surface area contributed by atoms with Gasteiger partial charge in [0.2, 0.25) is 0 Å². The molecule has 7 heteroatoms. The molecule has 0 amide bonds. The fourth-order valence-corrected chi connectivity index (χ4v) is 3.00. The predicted octanol–water partition coefficient (Wildman–Crippen LogP) is 4.47. The normalized spacial score (nSPS) is 10.8. The lowest BCUT2D eigenvalue weighted by atomic mass is 10.2. The molecule has 130 valence electrons. The van der Waals surface area contributed by atoms with Crippen molar-refractivity contribution in [2.75, 3.05) is 0 Å². The number of esters is 1. The molecule has 1 heterocycles. The van der Waals surface area contributed by atoms with E-state index in [0.717, 1.165) is 10.6 Å². The Balaban J connectivity index is 1.57. The summed E-state index contributed by atoms with van der Waals surface area (Å²) in [5.74, 6) is -0.536. The number of ether oxygens (including phenoxy) is 1. The van der Waals surface area contributed by atoms with Crippen LogP contribution in [0.15, 0.2) is 66.1 Å². The average Bonchev–Trinajstić information content (AvgIpc) is 3.15. The van der Waals surface area contributed by atoms with E-state index in [4.69, 9.17) is 4.74 Å². The Morgan fingerprint density at radius 2 is 2.00 bits per heavy atom. The van der Waals surface area contributed by atoms with Gasteiger partial charge in [0.15, 0.2) is 0 Å². The molecular weight excluding hydrogens is 352 g/mol. The molecule has 0 aliphatic rings. The lowest BCUT2D eigenvalue weighted by molar-refractivity contribution is -0.384. The standard InChI is InChI=1S/C19H14N2O4S/c22-18(10-9-14-5-4-8-17(11-14)21(23)24)25-12-16-13-26-19(20-16)15-6-2-1-3-7-15/h1-11,13H,12H2/b10-9+.